The van der Waals surface area contributed by atoms with Crippen LogP contribution in [0.25, 0.3) is 0 Å². The smallest absolute Gasteiger partial charge is 0.337 e. The number of anilines is 2. The Morgan fingerprint density at radius 2 is 1.75 bits per heavy atom. The average Bonchev–Trinajstić information content (AvgIpc) is 2.83. The van der Waals surface area contributed by atoms with Crippen LogP contribution >= 0.6 is 0 Å². The summed E-state index contributed by atoms with van der Waals surface area (Å²) >= 11 is 0. The Morgan fingerprint density at radius 3 is 2.50 bits per heavy atom. The van der Waals surface area contributed by atoms with Gasteiger partial charge in [0.25, 0.3) is 5.91 Å². The van der Waals surface area contributed by atoms with Crippen LogP contribution in [-0.2, 0) is 9.53 Å². The molecule has 0 saturated carbocycles. The van der Waals surface area contributed by atoms with Gasteiger partial charge < -0.3 is 29.6 Å². The highest BCUT2D eigenvalue weighted by Crippen LogP contribution is 2.30. The van der Waals surface area contributed by atoms with Crippen LogP contribution in [0.4, 0.5) is 11.4 Å². The Balaban J connectivity index is 1.62. The molecule has 0 aliphatic heterocycles. The first-order valence-corrected chi connectivity index (χ1v) is 9.63. The van der Waals surface area contributed by atoms with E-state index in [2.05, 4.69) is 20.4 Å². The number of benzene rings is 2. The van der Waals surface area contributed by atoms with Crippen molar-refractivity contribution in [3.8, 4) is 23.1 Å². The van der Waals surface area contributed by atoms with Crippen LogP contribution in [0, 0.1) is 0 Å². The maximum Gasteiger partial charge on any atom is 0.337 e. The van der Waals surface area contributed by atoms with E-state index in [1.807, 2.05) is 0 Å². The van der Waals surface area contributed by atoms with Gasteiger partial charge in [-0.05, 0) is 36.4 Å². The van der Waals surface area contributed by atoms with Crippen LogP contribution < -0.4 is 24.8 Å². The number of nitrogens with one attached hydrogen (secondary N) is 2. The van der Waals surface area contributed by atoms with Crippen molar-refractivity contribution in [2.75, 3.05) is 38.5 Å². The maximum atomic E-state index is 12.4. The van der Waals surface area contributed by atoms with Crippen molar-refractivity contribution in [1.82, 2.24) is 4.98 Å². The Labute approximate surface area is 185 Å². The van der Waals surface area contributed by atoms with Gasteiger partial charge in [0.2, 0.25) is 5.88 Å². The van der Waals surface area contributed by atoms with Crippen LogP contribution in [0.1, 0.15) is 10.4 Å². The lowest BCUT2D eigenvalue weighted by molar-refractivity contribution is -0.118. The van der Waals surface area contributed by atoms with Gasteiger partial charge in [0.15, 0.2) is 6.61 Å². The molecule has 3 rings (SSSR count). The maximum absolute atomic E-state index is 12.4. The van der Waals surface area contributed by atoms with Crippen molar-refractivity contribution in [3.05, 3.63) is 66.4 Å². The summed E-state index contributed by atoms with van der Waals surface area (Å²) in [6.07, 6.45) is 1.59. The topological polar surface area (TPSA) is 108 Å². The highest BCUT2D eigenvalue weighted by Gasteiger charge is 2.11. The van der Waals surface area contributed by atoms with E-state index < -0.39 is 5.97 Å². The molecule has 0 radical (unpaired) electrons. The molecule has 1 heterocycles. The molecule has 0 aliphatic rings. The van der Waals surface area contributed by atoms with E-state index in [9.17, 15) is 9.59 Å². The molecule has 0 atom stereocenters. The number of ether oxygens (including phenoxy) is 4. The fourth-order valence-electron chi connectivity index (χ4n) is 2.77. The SMILES string of the molecule is CNc1cc(Oc2ccnc(OC)c2)ccc1NC(=O)COc1cccc(C(=O)OC)c1. The summed E-state index contributed by atoms with van der Waals surface area (Å²) in [5.41, 5.74) is 1.55. The molecule has 1 aromatic heterocycles. The molecular weight excluding hydrogens is 414 g/mol. The number of pyridine rings is 1. The van der Waals surface area contributed by atoms with Crippen molar-refractivity contribution in [3.63, 3.8) is 0 Å². The monoisotopic (exact) mass is 437 g/mol. The van der Waals surface area contributed by atoms with Crippen LogP contribution in [-0.4, -0.2) is 44.7 Å². The Morgan fingerprint density at radius 1 is 0.938 bits per heavy atom. The first-order chi connectivity index (χ1) is 15.5. The van der Waals surface area contributed by atoms with E-state index in [-0.39, 0.29) is 12.5 Å². The van der Waals surface area contributed by atoms with Crippen LogP contribution in [0.15, 0.2) is 60.8 Å². The zero-order chi connectivity index (χ0) is 22.9. The van der Waals surface area contributed by atoms with Crippen LogP contribution in [0.3, 0.4) is 0 Å². The minimum Gasteiger partial charge on any atom is -0.484 e. The van der Waals surface area contributed by atoms with Gasteiger partial charge in [0.1, 0.15) is 17.2 Å². The molecule has 3 aromatic rings. The highest BCUT2D eigenvalue weighted by atomic mass is 16.5. The zero-order valence-corrected chi connectivity index (χ0v) is 17.9. The van der Waals surface area contributed by atoms with Gasteiger partial charge in [-0.1, -0.05) is 6.07 Å². The quantitative estimate of drug-likeness (QED) is 0.488. The Kier molecular flexibility index (Phi) is 7.47. The molecule has 0 aliphatic carbocycles. The zero-order valence-electron chi connectivity index (χ0n) is 17.9. The number of hydrogen-bond donors (Lipinski definition) is 2. The molecule has 9 nitrogen and oxygen atoms in total. The second-order valence-corrected chi connectivity index (χ2v) is 6.45. The number of hydrogen-bond acceptors (Lipinski definition) is 8. The third-order valence-electron chi connectivity index (χ3n) is 4.31. The van der Waals surface area contributed by atoms with Crippen molar-refractivity contribution in [1.29, 1.82) is 0 Å². The van der Waals surface area contributed by atoms with Crippen molar-refractivity contribution in [2.24, 2.45) is 0 Å². The average molecular weight is 437 g/mol. The minimum atomic E-state index is -0.480. The molecule has 0 bridgehead atoms. The number of aromatic nitrogens is 1. The standard InChI is InChI=1S/C23H23N3O6/c1-24-20-12-17(32-18-9-10-25-22(13-18)29-2)7-8-19(20)26-21(27)14-31-16-6-4-5-15(11-16)23(28)30-3/h4-13,24H,14H2,1-3H3,(H,26,27). The summed E-state index contributed by atoms with van der Waals surface area (Å²) in [7, 11) is 4.56. The Hall–Kier alpha value is -4.27. The molecule has 1 amide bonds. The molecule has 0 saturated heterocycles. The van der Waals surface area contributed by atoms with E-state index >= 15 is 0 Å². The fourth-order valence-corrected chi connectivity index (χ4v) is 2.77. The van der Waals surface area contributed by atoms with Gasteiger partial charge in [0, 0.05) is 25.4 Å². The number of methoxy groups -OCH3 is 2. The van der Waals surface area contributed by atoms with Gasteiger partial charge in [-0.25, -0.2) is 9.78 Å². The summed E-state index contributed by atoms with van der Waals surface area (Å²) in [4.78, 5) is 28.0. The normalized spacial score (nSPS) is 10.1. The summed E-state index contributed by atoms with van der Waals surface area (Å²) < 4.78 is 21.1. The molecule has 9 heteroatoms. The molecular formula is C23H23N3O6. The first kappa shape index (κ1) is 22.4. The molecule has 0 fully saturated rings. The second-order valence-electron chi connectivity index (χ2n) is 6.45. The lowest BCUT2D eigenvalue weighted by atomic mass is 10.2. The number of carbonyl (C=O) groups excluding carboxylic acids is 2. The van der Waals surface area contributed by atoms with Crippen molar-refractivity contribution < 1.29 is 28.5 Å². The van der Waals surface area contributed by atoms with Crippen LogP contribution in [0.5, 0.6) is 23.1 Å². The molecule has 0 unspecified atom stereocenters. The van der Waals surface area contributed by atoms with Crippen molar-refractivity contribution in [2.45, 2.75) is 0 Å². The first-order valence-electron chi connectivity index (χ1n) is 9.63. The summed E-state index contributed by atoms with van der Waals surface area (Å²) in [6.45, 7) is -0.233. The van der Waals surface area contributed by atoms with E-state index in [1.54, 1.807) is 61.8 Å². The van der Waals surface area contributed by atoms with Gasteiger partial charge in [-0.2, -0.15) is 0 Å². The molecule has 2 aromatic carbocycles. The predicted octanol–water partition coefficient (Wildman–Crippen LogP) is 3.73. The van der Waals surface area contributed by atoms with Gasteiger partial charge in [-0.3, -0.25) is 4.79 Å². The minimum absolute atomic E-state index is 0.233. The highest BCUT2D eigenvalue weighted by molar-refractivity contribution is 5.95. The number of rotatable bonds is 9. The third-order valence-corrected chi connectivity index (χ3v) is 4.31. The van der Waals surface area contributed by atoms with E-state index in [0.29, 0.717) is 40.1 Å². The predicted molar refractivity (Wildman–Crippen MR) is 119 cm³/mol. The number of carbonyl (C=O) groups is 2. The lowest BCUT2D eigenvalue weighted by Crippen LogP contribution is -2.20. The third kappa shape index (κ3) is 5.88. The van der Waals surface area contributed by atoms with E-state index in [0.717, 1.165) is 0 Å². The summed E-state index contributed by atoms with van der Waals surface area (Å²) in [5, 5.41) is 5.81. The van der Waals surface area contributed by atoms with E-state index in [1.165, 1.54) is 20.3 Å². The lowest BCUT2D eigenvalue weighted by Gasteiger charge is -2.14. The fraction of sp³-hybridized carbons (Fsp3) is 0.174. The van der Waals surface area contributed by atoms with Gasteiger partial charge in [-0.15, -0.1) is 0 Å². The molecule has 32 heavy (non-hydrogen) atoms. The second kappa shape index (κ2) is 10.7. The number of esters is 1. The molecule has 166 valence electrons. The number of amides is 1. The molecule has 0 spiro atoms. The largest absolute Gasteiger partial charge is 0.484 e. The Bertz CT molecular complexity index is 1100. The number of nitrogens with zero attached hydrogens (tertiary/aromatic N) is 1. The summed E-state index contributed by atoms with van der Waals surface area (Å²) in [5.74, 6) is 1.11. The van der Waals surface area contributed by atoms with Gasteiger partial charge >= 0.3 is 5.97 Å². The van der Waals surface area contributed by atoms with Crippen LogP contribution in [0.2, 0.25) is 0 Å². The van der Waals surface area contributed by atoms with Gasteiger partial charge in [0.05, 0.1) is 31.2 Å². The van der Waals surface area contributed by atoms with Crippen molar-refractivity contribution >= 4 is 23.3 Å². The van der Waals surface area contributed by atoms with E-state index in [4.69, 9.17) is 14.2 Å². The molecule has 2 N–H and O–H groups in total. The summed E-state index contributed by atoms with van der Waals surface area (Å²) in [6, 6.07) is 15.0.